The SMILES string of the molecule is CC(C)(C)c1ncsc1C(=O)NC1CCCNC1. The van der Waals surface area contributed by atoms with Gasteiger partial charge in [0.25, 0.3) is 5.91 Å². The van der Waals surface area contributed by atoms with E-state index in [1.54, 1.807) is 5.51 Å². The Labute approximate surface area is 112 Å². The van der Waals surface area contributed by atoms with Crippen molar-refractivity contribution < 1.29 is 4.79 Å². The van der Waals surface area contributed by atoms with E-state index in [0.717, 1.165) is 36.5 Å². The number of hydrogen-bond donors (Lipinski definition) is 2. The number of carbonyl (C=O) groups excluding carboxylic acids is 1. The van der Waals surface area contributed by atoms with E-state index in [-0.39, 0.29) is 17.4 Å². The van der Waals surface area contributed by atoms with Crippen molar-refractivity contribution in [2.75, 3.05) is 13.1 Å². The zero-order chi connectivity index (χ0) is 13.2. The number of thiazole rings is 1. The Morgan fingerprint density at radius 3 is 2.94 bits per heavy atom. The van der Waals surface area contributed by atoms with Crippen LogP contribution in [0, 0.1) is 0 Å². The maximum absolute atomic E-state index is 12.3. The lowest BCUT2D eigenvalue weighted by atomic mass is 9.91. The third kappa shape index (κ3) is 3.09. The topological polar surface area (TPSA) is 54.0 Å². The lowest BCUT2D eigenvalue weighted by Gasteiger charge is -2.24. The molecule has 1 fully saturated rings. The summed E-state index contributed by atoms with van der Waals surface area (Å²) in [6.07, 6.45) is 2.18. The number of amides is 1. The predicted molar refractivity (Wildman–Crippen MR) is 74.2 cm³/mol. The molecule has 0 aromatic carbocycles. The predicted octanol–water partition coefficient (Wildman–Crippen LogP) is 1.92. The number of piperidine rings is 1. The van der Waals surface area contributed by atoms with Gasteiger partial charge in [0.05, 0.1) is 11.2 Å². The van der Waals surface area contributed by atoms with Crippen LogP contribution in [0.25, 0.3) is 0 Å². The molecule has 0 saturated carbocycles. The molecule has 1 saturated heterocycles. The Bertz CT molecular complexity index is 416. The smallest absolute Gasteiger partial charge is 0.263 e. The molecule has 4 nitrogen and oxygen atoms in total. The second-order valence-electron chi connectivity index (χ2n) is 5.80. The van der Waals surface area contributed by atoms with Gasteiger partial charge in [-0.15, -0.1) is 11.3 Å². The number of hydrogen-bond acceptors (Lipinski definition) is 4. The summed E-state index contributed by atoms with van der Waals surface area (Å²) in [4.78, 5) is 17.4. The van der Waals surface area contributed by atoms with Crippen LogP contribution in [0.4, 0.5) is 0 Å². The van der Waals surface area contributed by atoms with E-state index in [2.05, 4.69) is 36.4 Å². The molecule has 0 spiro atoms. The van der Waals surface area contributed by atoms with E-state index in [4.69, 9.17) is 0 Å². The summed E-state index contributed by atoms with van der Waals surface area (Å²) in [6, 6.07) is 0.251. The first-order chi connectivity index (χ1) is 8.48. The molecule has 1 aromatic heterocycles. The maximum atomic E-state index is 12.3. The van der Waals surface area contributed by atoms with Crippen molar-refractivity contribution in [3.8, 4) is 0 Å². The summed E-state index contributed by atoms with van der Waals surface area (Å²) in [5, 5.41) is 6.41. The first-order valence-corrected chi connectivity index (χ1v) is 7.32. The molecule has 1 unspecified atom stereocenters. The Morgan fingerprint density at radius 1 is 1.56 bits per heavy atom. The molecule has 1 atom stereocenters. The highest BCUT2D eigenvalue weighted by atomic mass is 32.1. The molecule has 18 heavy (non-hydrogen) atoms. The average Bonchev–Trinajstić information content (AvgIpc) is 2.79. The van der Waals surface area contributed by atoms with E-state index in [9.17, 15) is 4.79 Å². The van der Waals surface area contributed by atoms with Crippen molar-refractivity contribution in [3.63, 3.8) is 0 Å². The summed E-state index contributed by atoms with van der Waals surface area (Å²) >= 11 is 1.43. The summed E-state index contributed by atoms with van der Waals surface area (Å²) in [5.41, 5.74) is 2.57. The summed E-state index contributed by atoms with van der Waals surface area (Å²) in [7, 11) is 0. The van der Waals surface area contributed by atoms with Gasteiger partial charge in [-0.2, -0.15) is 0 Å². The van der Waals surface area contributed by atoms with Gasteiger partial charge in [0, 0.05) is 18.0 Å². The highest BCUT2D eigenvalue weighted by Crippen LogP contribution is 2.27. The van der Waals surface area contributed by atoms with Crippen molar-refractivity contribution in [1.82, 2.24) is 15.6 Å². The Balaban J connectivity index is 2.07. The van der Waals surface area contributed by atoms with E-state index in [0.29, 0.717) is 0 Å². The molecule has 5 heteroatoms. The first kappa shape index (κ1) is 13.5. The third-order valence-electron chi connectivity index (χ3n) is 3.12. The van der Waals surface area contributed by atoms with Crippen molar-refractivity contribution in [1.29, 1.82) is 0 Å². The van der Waals surface area contributed by atoms with E-state index < -0.39 is 0 Å². The third-order valence-corrected chi connectivity index (χ3v) is 3.94. The first-order valence-electron chi connectivity index (χ1n) is 6.44. The van der Waals surface area contributed by atoms with Crippen LogP contribution in [0.5, 0.6) is 0 Å². The molecule has 1 aliphatic heterocycles. The van der Waals surface area contributed by atoms with E-state index >= 15 is 0 Å². The lowest BCUT2D eigenvalue weighted by molar-refractivity contribution is 0.0932. The van der Waals surface area contributed by atoms with Gasteiger partial charge in [0.2, 0.25) is 0 Å². The summed E-state index contributed by atoms with van der Waals surface area (Å²) in [5.74, 6) is 0.0242. The monoisotopic (exact) mass is 267 g/mol. The Hall–Kier alpha value is -0.940. The molecule has 0 bridgehead atoms. The van der Waals surface area contributed by atoms with E-state index in [1.807, 2.05) is 0 Å². The van der Waals surface area contributed by atoms with Crippen molar-refractivity contribution in [2.45, 2.75) is 45.1 Å². The van der Waals surface area contributed by atoms with E-state index in [1.165, 1.54) is 11.3 Å². The van der Waals surface area contributed by atoms with Crippen molar-refractivity contribution in [2.24, 2.45) is 0 Å². The van der Waals surface area contributed by atoms with Crippen LogP contribution >= 0.6 is 11.3 Å². The van der Waals surface area contributed by atoms with Gasteiger partial charge in [-0.3, -0.25) is 4.79 Å². The molecule has 2 heterocycles. The van der Waals surface area contributed by atoms with Crippen LogP contribution in [-0.2, 0) is 5.41 Å². The van der Waals surface area contributed by atoms with Crippen LogP contribution < -0.4 is 10.6 Å². The lowest BCUT2D eigenvalue weighted by Crippen LogP contribution is -2.45. The molecule has 0 radical (unpaired) electrons. The standard InChI is InChI=1S/C13H21N3OS/c1-13(2,3)11-10(18-8-15-11)12(17)16-9-5-4-6-14-7-9/h8-9,14H,4-7H2,1-3H3,(H,16,17). The van der Waals surface area contributed by atoms with Crippen molar-refractivity contribution >= 4 is 17.2 Å². The van der Waals surface area contributed by atoms with Crippen molar-refractivity contribution in [3.05, 3.63) is 16.1 Å². The fourth-order valence-corrected chi connectivity index (χ4v) is 3.07. The average molecular weight is 267 g/mol. The minimum Gasteiger partial charge on any atom is -0.347 e. The second-order valence-corrected chi connectivity index (χ2v) is 6.65. The zero-order valence-corrected chi connectivity index (χ0v) is 12.1. The molecule has 1 aliphatic rings. The minimum atomic E-state index is -0.0858. The quantitative estimate of drug-likeness (QED) is 0.861. The number of aromatic nitrogens is 1. The van der Waals surface area contributed by atoms with Gasteiger partial charge in [0.1, 0.15) is 4.88 Å². The molecule has 2 N–H and O–H groups in total. The number of nitrogens with zero attached hydrogens (tertiary/aromatic N) is 1. The highest BCUT2D eigenvalue weighted by molar-refractivity contribution is 7.11. The number of carbonyl (C=O) groups is 1. The number of nitrogens with one attached hydrogen (secondary N) is 2. The Morgan fingerprint density at radius 2 is 2.33 bits per heavy atom. The fourth-order valence-electron chi connectivity index (χ4n) is 2.17. The molecular weight excluding hydrogens is 246 g/mol. The van der Waals surface area contributed by atoms with Gasteiger partial charge in [-0.05, 0) is 19.4 Å². The van der Waals surface area contributed by atoms with Crippen LogP contribution in [0.15, 0.2) is 5.51 Å². The fraction of sp³-hybridized carbons (Fsp3) is 0.692. The normalized spacial score (nSPS) is 20.7. The largest absolute Gasteiger partial charge is 0.347 e. The van der Waals surface area contributed by atoms with Crippen LogP contribution in [-0.4, -0.2) is 30.0 Å². The Kier molecular flexibility index (Phi) is 4.02. The van der Waals surface area contributed by atoms with Crippen LogP contribution in [0.1, 0.15) is 49.0 Å². The second kappa shape index (κ2) is 5.36. The molecule has 0 aliphatic carbocycles. The van der Waals surface area contributed by atoms with Gasteiger partial charge in [0.15, 0.2) is 0 Å². The zero-order valence-electron chi connectivity index (χ0n) is 11.2. The van der Waals surface area contributed by atoms with Gasteiger partial charge < -0.3 is 10.6 Å². The number of rotatable bonds is 2. The van der Waals surface area contributed by atoms with Gasteiger partial charge in [-0.25, -0.2) is 4.98 Å². The highest BCUT2D eigenvalue weighted by Gasteiger charge is 2.26. The van der Waals surface area contributed by atoms with Crippen LogP contribution in [0.2, 0.25) is 0 Å². The molecule has 100 valence electrons. The molecule has 1 amide bonds. The minimum absolute atomic E-state index is 0.0242. The molecular formula is C13H21N3OS. The van der Waals surface area contributed by atoms with Gasteiger partial charge >= 0.3 is 0 Å². The molecule has 1 aromatic rings. The summed E-state index contributed by atoms with van der Waals surface area (Å²) < 4.78 is 0. The van der Waals surface area contributed by atoms with Gasteiger partial charge in [-0.1, -0.05) is 20.8 Å². The summed E-state index contributed by atoms with van der Waals surface area (Å²) in [6.45, 7) is 8.18. The maximum Gasteiger partial charge on any atom is 0.263 e. The van der Waals surface area contributed by atoms with Crippen LogP contribution in [0.3, 0.4) is 0 Å². The molecule has 2 rings (SSSR count).